The lowest BCUT2D eigenvalue weighted by molar-refractivity contribution is 0.437. The summed E-state index contributed by atoms with van der Waals surface area (Å²) in [6.45, 7) is 0. The summed E-state index contributed by atoms with van der Waals surface area (Å²) in [6, 6.07) is 48.5. The Morgan fingerprint density at radius 1 is 0.432 bits per heavy atom. The van der Waals surface area contributed by atoms with Gasteiger partial charge < -0.3 is 4.74 Å². The number of fused-ring (bicyclic) bond motifs is 10. The molecule has 2 aliphatic rings. The summed E-state index contributed by atoms with van der Waals surface area (Å²) in [7, 11) is 0. The minimum atomic E-state index is -0.438. The Hall–Kier alpha value is -4.62. The number of ether oxygens (including phenoxy) is 1. The maximum Gasteiger partial charge on any atom is 0.132 e. The van der Waals surface area contributed by atoms with Gasteiger partial charge in [-0.15, -0.1) is 0 Å². The van der Waals surface area contributed by atoms with Crippen molar-refractivity contribution in [2.45, 2.75) is 11.8 Å². The van der Waals surface area contributed by atoms with E-state index in [1.54, 1.807) is 0 Å². The molecular formula is C36H24O. The summed E-state index contributed by atoms with van der Waals surface area (Å²) in [6.07, 6.45) is 0.887. The molecule has 0 amide bonds. The molecule has 0 radical (unpaired) electrons. The van der Waals surface area contributed by atoms with E-state index >= 15 is 0 Å². The first kappa shape index (κ1) is 20.6. The molecule has 1 aliphatic carbocycles. The van der Waals surface area contributed by atoms with E-state index in [9.17, 15) is 0 Å². The topological polar surface area (TPSA) is 9.23 Å². The van der Waals surface area contributed by atoms with Crippen molar-refractivity contribution >= 4 is 10.8 Å². The van der Waals surface area contributed by atoms with Gasteiger partial charge in [-0.3, -0.25) is 0 Å². The van der Waals surface area contributed by atoms with Gasteiger partial charge in [0.25, 0.3) is 0 Å². The molecule has 0 atom stereocenters. The van der Waals surface area contributed by atoms with Crippen LogP contribution >= 0.6 is 0 Å². The van der Waals surface area contributed by atoms with E-state index in [0.29, 0.717) is 0 Å². The van der Waals surface area contributed by atoms with Gasteiger partial charge >= 0.3 is 0 Å². The SMILES string of the molecule is c1ccc(Cc2ccc3c(c2)C2(c4cc5ccccc5cc4O3)c3ccccc3-c3ccccc32)cc1. The van der Waals surface area contributed by atoms with Crippen LogP contribution in [0.25, 0.3) is 21.9 Å². The van der Waals surface area contributed by atoms with Crippen LogP contribution in [0.3, 0.4) is 0 Å². The van der Waals surface area contributed by atoms with Crippen molar-refractivity contribution < 1.29 is 4.74 Å². The Balaban J connectivity index is 1.48. The highest BCUT2D eigenvalue weighted by atomic mass is 16.5. The third-order valence-electron chi connectivity index (χ3n) is 8.12. The second-order valence-corrected chi connectivity index (χ2v) is 10.1. The Kier molecular flexibility index (Phi) is 4.27. The zero-order chi connectivity index (χ0) is 24.4. The fourth-order valence-electron chi connectivity index (χ4n) is 6.58. The van der Waals surface area contributed by atoms with Crippen LogP contribution < -0.4 is 4.74 Å². The number of hydrogen-bond donors (Lipinski definition) is 0. The van der Waals surface area contributed by atoms with Crippen molar-refractivity contribution in [1.82, 2.24) is 0 Å². The number of rotatable bonds is 2. The first-order valence-electron chi connectivity index (χ1n) is 12.9. The number of hydrogen-bond acceptors (Lipinski definition) is 1. The monoisotopic (exact) mass is 472 g/mol. The van der Waals surface area contributed by atoms with Crippen molar-refractivity contribution in [3.63, 3.8) is 0 Å². The predicted molar refractivity (Wildman–Crippen MR) is 151 cm³/mol. The lowest BCUT2D eigenvalue weighted by Crippen LogP contribution is -2.32. The maximum absolute atomic E-state index is 6.71. The van der Waals surface area contributed by atoms with Gasteiger partial charge in [0, 0.05) is 11.1 Å². The largest absolute Gasteiger partial charge is 0.457 e. The normalized spacial score (nSPS) is 13.9. The van der Waals surface area contributed by atoms with Crippen LogP contribution in [0, 0.1) is 0 Å². The van der Waals surface area contributed by atoms with Crippen molar-refractivity contribution in [2.75, 3.05) is 0 Å². The summed E-state index contributed by atoms with van der Waals surface area (Å²) >= 11 is 0. The van der Waals surface area contributed by atoms with Gasteiger partial charge in [-0.2, -0.15) is 0 Å². The van der Waals surface area contributed by atoms with Crippen LogP contribution in [-0.2, 0) is 11.8 Å². The molecule has 0 saturated carbocycles. The van der Waals surface area contributed by atoms with Gasteiger partial charge in [-0.1, -0.05) is 115 Å². The Morgan fingerprint density at radius 3 is 1.76 bits per heavy atom. The standard InChI is InChI=1S/C36H24O/c1-2-10-24(11-3-1)20-25-18-19-34-32(21-25)36(33-22-26-12-4-5-13-27(26)23-35(33)37-34)30-16-8-6-14-28(30)29-15-7-9-17-31(29)36/h1-19,21-23H,20H2. The van der Waals surface area contributed by atoms with Gasteiger partial charge in [0.2, 0.25) is 0 Å². The fourth-order valence-corrected chi connectivity index (χ4v) is 6.58. The van der Waals surface area contributed by atoms with E-state index < -0.39 is 5.41 Å². The molecule has 6 aromatic carbocycles. The second-order valence-electron chi connectivity index (χ2n) is 10.1. The number of benzene rings is 6. The van der Waals surface area contributed by atoms with E-state index in [1.807, 2.05) is 0 Å². The molecule has 37 heavy (non-hydrogen) atoms. The quantitative estimate of drug-likeness (QED) is 0.244. The average Bonchev–Trinajstić information content (AvgIpc) is 3.24. The van der Waals surface area contributed by atoms with E-state index in [0.717, 1.165) is 17.9 Å². The smallest absolute Gasteiger partial charge is 0.132 e. The third kappa shape index (κ3) is 2.86. The molecule has 0 bridgehead atoms. The van der Waals surface area contributed by atoms with Crippen LogP contribution in [0.4, 0.5) is 0 Å². The molecule has 6 aromatic rings. The van der Waals surface area contributed by atoms with Crippen LogP contribution in [0.15, 0.2) is 133 Å². The zero-order valence-electron chi connectivity index (χ0n) is 20.3. The zero-order valence-corrected chi connectivity index (χ0v) is 20.3. The lowest BCUT2D eigenvalue weighted by Gasteiger charge is -2.40. The molecule has 8 rings (SSSR count). The maximum atomic E-state index is 6.71. The molecule has 1 spiro atoms. The minimum Gasteiger partial charge on any atom is -0.457 e. The van der Waals surface area contributed by atoms with Gasteiger partial charge in [-0.25, -0.2) is 0 Å². The van der Waals surface area contributed by atoms with E-state index in [2.05, 4.69) is 133 Å². The first-order chi connectivity index (χ1) is 18.3. The summed E-state index contributed by atoms with van der Waals surface area (Å²) in [4.78, 5) is 0. The molecule has 0 N–H and O–H groups in total. The molecule has 1 nitrogen and oxygen atoms in total. The van der Waals surface area contributed by atoms with Crippen molar-refractivity contribution in [2.24, 2.45) is 0 Å². The molecule has 174 valence electrons. The van der Waals surface area contributed by atoms with Crippen molar-refractivity contribution in [3.8, 4) is 22.6 Å². The van der Waals surface area contributed by atoms with Crippen molar-refractivity contribution in [3.05, 3.63) is 167 Å². The van der Waals surface area contributed by atoms with Crippen LogP contribution in [0.2, 0.25) is 0 Å². The highest BCUT2D eigenvalue weighted by Gasteiger charge is 2.51. The van der Waals surface area contributed by atoms with Gasteiger partial charge in [0.05, 0.1) is 5.41 Å². The average molecular weight is 473 g/mol. The Bertz CT molecular complexity index is 1780. The van der Waals surface area contributed by atoms with Gasteiger partial charge in [0.1, 0.15) is 11.5 Å². The van der Waals surface area contributed by atoms with Crippen LogP contribution in [0.5, 0.6) is 11.5 Å². The molecule has 1 heterocycles. The Morgan fingerprint density at radius 2 is 1.03 bits per heavy atom. The summed E-state index contributed by atoms with van der Waals surface area (Å²) < 4.78 is 6.71. The summed E-state index contributed by atoms with van der Waals surface area (Å²) in [5.41, 5.74) is 9.87. The second kappa shape index (κ2) is 7.69. The molecule has 0 unspecified atom stereocenters. The van der Waals surface area contributed by atoms with Gasteiger partial charge in [0.15, 0.2) is 0 Å². The van der Waals surface area contributed by atoms with E-state index in [-0.39, 0.29) is 0 Å². The van der Waals surface area contributed by atoms with Crippen LogP contribution in [0.1, 0.15) is 33.4 Å². The Labute approximate surface area is 216 Å². The highest BCUT2D eigenvalue weighted by Crippen LogP contribution is 2.62. The van der Waals surface area contributed by atoms with Crippen LogP contribution in [-0.4, -0.2) is 0 Å². The predicted octanol–water partition coefficient (Wildman–Crippen LogP) is 8.90. The van der Waals surface area contributed by atoms with Gasteiger partial charge in [-0.05, 0) is 68.8 Å². The molecule has 0 fully saturated rings. The molecule has 1 aliphatic heterocycles. The molecule has 0 aromatic heterocycles. The van der Waals surface area contributed by atoms with Crippen molar-refractivity contribution in [1.29, 1.82) is 0 Å². The van der Waals surface area contributed by atoms with E-state index in [4.69, 9.17) is 4.74 Å². The fraction of sp³-hybridized carbons (Fsp3) is 0.0556. The molecule has 1 heteroatoms. The third-order valence-corrected chi connectivity index (χ3v) is 8.12. The highest BCUT2D eigenvalue weighted by molar-refractivity contribution is 5.92. The van der Waals surface area contributed by atoms with E-state index in [1.165, 1.54) is 55.3 Å². The summed E-state index contributed by atoms with van der Waals surface area (Å²) in [5, 5.41) is 2.43. The molecular weight excluding hydrogens is 448 g/mol. The first-order valence-corrected chi connectivity index (χ1v) is 12.9. The molecule has 0 saturated heterocycles. The minimum absolute atomic E-state index is 0.438. The lowest BCUT2D eigenvalue weighted by atomic mass is 9.65. The summed E-state index contributed by atoms with van der Waals surface area (Å²) in [5.74, 6) is 1.87.